The molecule has 2 aliphatic heterocycles. The minimum Gasteiger partial charge on any atom is -0.481 e. The molecule has 0 aliphatic carbocycles. The summed E-state index contributed by atoms with van der Waals surface area (Å²) < 4.78 is 0. The predicted molar refractivity (Wildman–Crippen MR) is 128 cm³/mol. The van der Waals surface area contributed by atoms with Crippen LogP contribution in [0.3, 0.4) is 0 Å². The number of carbonyl (C=O) groups is 10. The highest BCUT2D eigenvalue weighted by Crippen LogP contribution is 2.12. The summed E-state index contributed by atoms with van der Waals surface area (Å²) in [5, 5.41) is 26.0. The van der Waals surface area contributed by atoms with Crippen LogP contribution in [-0.4, -0.2) is 108 Å². The SMILES string of the molecule is CNC(=O)CC(=O)NC.CNC(=O)CC(=O)O.CNC(=O)CC(=O)ON1C(=O)CCC1=O.O=C1CCC(=O)N1O. The Hall–Kier alpha value is -4.94. The molecule has 2 fully saturated rings. The molecule has 2 rings (SSSR count). The first-order valence-corrected chi connectivity index (χ1v) is 11.3. The number of carbonyl (C=O) groups excluding carboxylic acids is 9. The summed E-state index contributed by atoms with van der Waals surface area (Å²) in [5.41, 5.74) is 0. The van der Waals surface area contributed by atoms with Crippen molar-refractivity contribution < 1.29 is 63.1 Å². The fraction of sp³-hybridized carbons (Fsp3) is 0.524. The van der Waals surface area contributed by atoms with Crippen LogP contribution in [-0.2, 0) is 52.8 Å². The number of imide groups is 2. The first-order valence-electron chi connectivity index (χ1n) is 11.3. The van der Waals surface area contributed by atoms with E-state index in [9.17, 15) is 47.9 Å². The lowest BCUT2D eigenvalue weighted by Crippen LogP contribution is -2.34. The Morgan fingerprint density at radius 1 is 0.625 bits per heavy atom. The number of nitrogens with one attached hydrogen (secondary N) is 4. The quantitative estimate of drug-likeness (QED) is 0.0969. The van der Waals surface area contributed by atoms with Gasteiger partial charge in [-0.15, -0.1) is 5.06 Å². The smallest absolute Gasteiger partial charge is 0.342 e. The van der Waals surface area contributed by atoms with Gasteiger partial charge < -0.3 is 31.2 Å². The zero-order chi connectivity index (χ0) is 31.4. The number of carboxylic acids is 1. The third-order valence-electron chi connectivity index (χ3n) is 4.28. The second kappa shape index (κ2) is 20.1. The molecule has 0 aromatic heterocycles. The van der Waals surface area contributed by atoms with Crippen LogP contribution < -0.4 is 21.3 Å². The van der Waals surface area contributed by atoms with Crippen molar-refractivity contribution in [3.63, 3.8) is 0 Å². The van der Waals surface area contributed by atoms with Crippen LogP contribution in [0.15, 0.2) is 0 Å². The van der Waals surface area contributed by atoms with Crippen molar-refractivity contribution in [1.82, 2.24) is 31.4 Å². The molecule has 0 radical (unpaired) electrons. The van der Waals surface area contributed by atoms with Crippen molar-refractivity contribution in [3.8, 4) is 0 Å². The number of hydrogen-bond donors (Lipinski definition) is 6. The maximum Gasteiger partial charge on any atom is 0.342 e. The van der Waals surface area contributed by atoms with Gasteiger partial charge in [0.1, 0.15) is 19.3 Å². The van der Waals surface area contributed by atoms with Gasteiger partial charge in [0.05, 0.1) is 0 Å². The molecular weight excluding hydrogens is 544 g/mol. The molecule has 2 aliphatic rings. The summed E-state index contributed by atoms with van der Waals surface area (Å²) in [6.07, 6.45) is -0.695. The lowest BCUT2D eigenvalue weighted by Gasteiger charge is -2.11. The molecular formula is C21H32N6O13. The molecule has 2 heterocycles. The molecule has 8 amide bonds. The summed E-state index contributed by atoms with van der Waals surface area (Å²) in [6, 6.07) is 0. The van der Waals surface area contributed by atoms with Crippen molar-refractivity contribution in [1.29, 1.82) is 0 Å². The molecule has 0 aromatic carbocycles. The molecule has 0 spiro atoms. The highest BCUT2D eigenvalue weighted by molar-refractivity contribution is 6.03. The van der Waals surface area contributed by atoms with Crippen LogP contribution >= 0.6 is 0 Å². The Morgan fingerprint density at radius 2 is 0.950 bits per heavy atom. The van der Waals surface area contributed by atoms with Crippen LogP contribution in [0, 0.1) is 0 Å². The Kier molecular flexibility index (Phi) is 18.7. The Labute approximate surface area is 227 Å². The first kappa shape index (κ1) is 37.2. The number of nitrogens with zero attached hydrogens (tertiary/aromatic N) is 2. The maximum atomic E-state index is 11.0. The van der Waals surface area contributed by atoms with Gasteiger partial charge in [0, 0.05) is 53.9 Å². The summed E-state index contributed by atoms with van der Waals surface area (Å²) in [6.45, 7) is 0. The van der Waals surface area contributed by atoms with E-state index in [1.165, 1.54) is 28.2 Å². The molecule has 19 nitrogen and oxygen atoms in total. The molecule has 0 atom stereocenters. The summed E-state index contributed by atoms with van der Waals surface area (Å²) >= 11 is 0. The number of rotatable bonds is 7. The molecule has 0 saturated carbocycles. The zero-order valence-electron chi connectivity index (χ0n) is 22.2. The fourth-order valence-corrected chi connectivity index (χ4v) is 2.12. The summed E-state index contributed by atoms with van der Waals surface area (Å²) in [5.74, 6) is -5.73. The minimum absolute atomic E-state index is 0.0338. The van der Waals surface area contributed by atoms with E-state index in [0.717, 1.165) is 0 Å². The van der Waals surface area contributed by atoms with Gasteiger partial charge >= 0.3 is 11.9 Å². The lowest BCUT2D eigenvalue weighted by molar-refractivity contribution is -0.197. The third-order valence-corrected chi connectivity index (χ3v) is 4.28. The zero-order valence-corrected chi connectivity index (χ0v) is 22.2. The van der Waals surface area contributed by atoms with E-state index in [-0.39, 0.29) is 49.0 Å². The number of amides is 8. The molecule has 6 N–H and O–H groups in total. The van der Waals surface area contributed by atoms with Crippen molar-refractivity contribution in [2.45, 2.75) is 44.9 Å². The van der Waals surface area contributed by atoms with E-state index < -0.39 is 60.2 Å². The van der Waals surface area contributed by atoms with Gasteiger partial charge in [-0.2, -0.15) is 5.06 Å². The van der Waals surface area contributed by atoms with E-state index in [2.05, 4.69) is 26.1 Å². The highest BCUT2D eigenvalue weighted by atomic mass is 16.7. The van der Waals surface area contributed by atoms with Crippen molar-refractivity contribution in [2.24, 2.45) is 0 Å². The average molecular weight is 577 g/mol. The standard InChI is InChI=1S/C8H10N2O5.C5H10N2O2.C4H5NO3.C4H7NO3/c1-9-5(11)4-8(14)15-10-6(12)2-3-7(10)13;1-6-4(8)3-5(9)7-2;6-3-1-2-4(7)5(3)8;1-5-3(6)2-4(7)8/h2-4H2,1H3,(H,9,11);3H2,1-2H3,(H,6,8)(H,7,9);8H,1-2H2;2H2,1H3,(H,5,6)(H,7,8). The van der Waals surface area contributed by atoms with Crippen molar-refractivity contribution >= 4 is 59.2 Å². The lowest BCUT2D eigenvalue weighted by atomic mass is 10.4. The van der Waals surface area contributed by atoms with Gasteiger partial charge in [0.25, 0.3) is 23.6 Å². The summed E-state index contributed by atoms with van der Waals surface area (Å²) in [4.78, 5) is 109. The van der Waals surface area contributed by atoms with E-state index in [1.54, 1.807) is 0 Å². The van der Waals surface area contributed by atoms with Gasteiger partial charge in [-0.3, -0.25) is 48.4 Å². The Morgan fingerprint density at radius 3 is 1.23 bits per heavy atom. The molecule has 0 unspecified atom stereocenters. The molecule has 19 heteroatoms. The molecule has 224 valence electrons. The molecule has 40 heavy (non-hydrogen) atoms. The van der Waals surface area contributed by atoms with Gasteiger partial charge in [-0.05, 0) is 0 Å². The second-order valence-electron chi connectivity index (χ2n) is 7.26. The van der Waals surface area contributed by atoms with Crippen molar-refractivity contribution in [3.05, 3.63) is 0 Å². The minimum atomic E-state index is -1.11. The predicted octanol–water partition coefficient (Wildman–Crippen LogP) is -3.67. The van der Waals surface area contributed by atoms with Crippen LogP contribution in [0.5, 0.6) is 0 Å². The van der Waals surface area contributed by atoms with Gasteiger partial charge in [0.15, 0.2) is 0 Å². The second-order valence-corrected chi connectivity index (χ2v) is 7.26. The monoisotopic (exact) mass is 576 g/mol. The van der Waals surface area contributed by atoms with Gasteiger partial charge in [0.2, 0.25) is 23.6 Å². The topological polar surface area (TPSA) is 275 Å². The normalized spacial score (nSPS) is 13.3. The Bertz CT molecular complexity index is 952. The first-order chi connectivity index (χ1) is 18.6. The van der Waals surface area contributed by atoms with E-state index in [0.29, 0.717) is 5.06 Å². The average Bonchev–Trinajstić information content (AvgIpc) is 3.38. The Balaban J connectivity index is 0. The van der Waals surface area contributed by atoms with Crippen molar-refractivity contribution in [2.75, 3.05) is 28.2 Å². The number of hydroxylamine groups is 4. The number of carboxylic acid groups (broad SMARTS) is 1. The van der Waals surface area contributed by atoms with E-state index in [4.69, 9.17) is 10.3 Å². The van der Waals surface area contributed by atoms with Gasteiger partial charge in [-0.1, -0.05) is 0 Å². The van der Waals surface area contributed by atoms with Crippen LogP contribution in [0.25, 0.3) is 0 Å². The van der Waals surface area contributed by atoms with E-state index >= 15 is 0 Å². The fourth-order valence-electron chi connectivity index (χ4n) is 2.12. The van der Waals surface area contributed by atoms with Crippen LogP contribution in [0.1, 0.15) is 44.9 Å². The van der Waals surface area contributed by atoms with Gasteiger partial charge in [-0.25, -0.2) is 4.79 Å². The number of aliphatic carboxylic acids is 1. The summed E-state index contributed by atoms with van der Waals surface area (Å²) in [7, 11) is 5.74. The third kappa shape index (κ3) is 16.7. The van der Waals surface area contributed by atoms with E-state index in [1.807, 2.05) is 0 Å². The molecule has 0 bridgehead atoms. The highest BCUT2D eigenvalue weighted by Gasteiger charge is 2.33. The molecule has 0 aromatic rings. The molecule has 2 saturated heterocycles. The van der Waals surface area contributed by atoms with Crippen LogP contribution in [0.4, 0.5) is 0 Å². The largest absolute Gasteiger partial charge is 0.481 e. The number of hydrogen-bond acceptors (Lipinski definition) is 12. The van der Waals surface area contributed by atoms with Crippen LogP contribution in [0.2, 0.25) is 0 Å². The maximum absolute atomic E-state index is 11.0.